The highest BCUT2D eigenvalue weighted by molar-refractivity contribution is 6.04. The lowest BCUT2D eigenvalue weighted by molar-refractivity contribution is 0.0934. The van der Waals surface area contributed by atoms with Crippen LogP contribution in [-0.4, -0.2) is 28.4 Å². The molecule has 0 unspecified atom stereocenters. The van der Waals surface area contributed by atoms with Crippen molar-refractivity contribution in [2.45, 2.75) is 13.5 Å². The van der Waals surface area contributed by atoms with E-state index >= 15 is 0 Å². The predicted octanol–water partition coefficient (Wildman–Crippen LogP) is -0.639. The van der Waals surface area contributed by atoms with E-state index in [0.717, 1.165) is 0 Å². The molecule has 0 aliphatic carbocycles. The molecule has 1 heterocycles. The number of carbonyl (C=O) groups excluding carboxylic acids is 2. The first-order valence-corrected chi connectivity index (χ1v) is 4.18. The lowest BCUT2D eigenvalue weighted by Crippen LogP contribution is -2.26. The number of nitrogens with one attached hydrogen (secondary N) is 1. The Balaban J connectivity index is 3.26. The van der Waals surface area contributed by atoms with Crippen LogP contribution in [0.4, 0.5) is 0 Å². The molecule has 0 atom stereocenters. The molecule has 0 saturated carbocycles. The molecule has 1 aromatic rings. The summed E-state index contributed by atoms with van der Waals surface area (Å²) in [4.78, 5) is 26.1. The molecule has 0 saturated heterocycles. The number of hydrogen-bond donors (Lipinski definition) is 2. The van der Waals surface area contributed by atoms with E-state index in [1.165, 1.54) is 13.4 Å². The third kappa shape index (κ3) is 1.59. The summed E-state index contributed by atoms with van der Waals surface area (Å²) < 4.78 is 1.57. The van der Waals surface area contributed by atoms with Gasteiger partial charge in [0.05, 0.1) is 6.33 Å². The van der Waals surface area contributed by atoms with Crippen molar-refractivity contribution in [3.8, 4) is 0 Å². The molecule has 0 spiro atoms. The first-order valence-electron chi connectivity index (χ1n) is 4.18. The Morgan fingerprint density at radius 2 is 2.29 bits per heavy atom. The summed E-state index contributed by atoms with van der Waals surface area (Å²) in [6, 6.07) is 0. The molecule has 6 nitrogen and oxygen atoms in total. The van der Waals surface area contributed by atoms with Gasteiger partial charge in [-0.1, -0.05) is 0 Å². The number of nitrogens with two attached hydrogens (primary N) is 1. The van der Waals surface area contributed by atoms with Crippen LogP contribution in [0, 0.1) is 0 Å². The molecule has 0 radical (unpaired) electrons. The molecule has 14 heavy (non-hydrogen) atoms. The van der Waals surface area contributed by atoms with Gasteiger partial charge in [0.15, 0.2) is 5.69 Å². The zero-order chi connectivity index (χ0) is 10.7. The Bertz CT molecular complexity index is 369. The monoisotopic (exact) mass is 196 g/mol. The van der Waals surface area contributed by atoms with E-state index in [9.17, 15) is 9.59 Å². The third-order valence-electron chi connectivity index (χ3n) is 1.85. The second-order valence-electron chi connectivity index (χ2n) is 2.67. The Kier molecular flexibility index (Phi) is 2.85. The van der Waals surface area contributed by atoms with Crippen LogP contribution in [0.2, 0.25) is 0 Å². The summed E-state index contributed by atoms with van der Waals surface area (Å²) in [7, 11) is 1.49. The van der Waals surface area contributed by atoms with E-state index in [2.05, 4.69) is 10.3 Å². The molecule has 0 aliphatic heterocycles. The van der Waals surface area contributed by atoms with Gasteiger partial charge in [0.2, 0.25) is 0 Å². The first-order chi connectivity index (χ1) is 6.61. The van der Waals surface area contributed by atoms with Crippen molar-refractivity contribution in [3.63, 3.8) is 0 Å². The van der Waals surface area contributed by atoms with Gasteiger partial charge in [0, 0.05) is 13.6 Å². The lowest BCUT2D eigenvalue weighted by Gasteiger charge is -2.04. The number of rotatable bonds is 3. The number of primary amides is 1. The average molecular weight is 196 g/mol. The van der Waals surface area contributed by atoms with Crippen LogP contribution >= 0.6 is 0 Å². The molecule has 0 aromatic carbocycles. The van der Waals surface area contributed by atoms with E-state index in [1.54, 1.807) is 4.57 Å². The van der Waals surface area contributed by atoms with E-state index in [0.29, 0.717) is 6.54 Å². The average Bonchev–Trinajstić information content (AvgIpc) is 2.59. The quantitative estimate of drug-likeness (QED) is 0.673. The van der Waals surface area contributed by atoms with Crippen molar-refractivity contribution < 1.29 is 9.59 Å². The number of nitrogens with zero attached hydrogens (tertiary/aromatic N) is 2. The van der Waals surface area contributed by atoms with Crippen LogP contribution in [0.15, 0.2) is 6.33 Å². The molecular formula is C8H12N4O2. The summed E-state index contributed by atoms with van der Waals surface area (Å²) in [5.74, 6) is -1.06. The molecule has 0 fully saturated rings. The molecule has 1 aromatic heterocycles. The van der Waals surface area contributed by atoms with Gasteiger partial charge in [-0.2, -0.15) is 0 Å². The van der Waals surface area contributed by atoms with Crippen molar-refractivity contribution in [2.24, 2.45) is 5.73 Å². The van der Waals surface area contributed by atoms with Gasteiger partial charge in [0.25, 0.3) is 11.8 Å². The zero-order valence-corrected chi connectivity index (χ0v) is 8.07. The van der Waals surface area contributed by atoms with Crippen LogP contribution in [0.3, 0.4) is 0 Å². The molecule has 76 valence electrons. The summed E-state index contributed by atoms with van der Waals surface area (Å²) in [6.45, 7) is 2.40. The van der Waals surface area contributed by atoms with Crippen LogP contribution in [0.5, 0.6) is 0 Å². The maximum atomic E-state index is 11.4. The van der Waals surface area contributed by atoms with Gasteiger partial charge in [-0.15, -0.1) is 0 Å². The van der Waals surface area contributed by atoms with E-state index < -0.39 is 5.91 Å². The SMILES string of the molecule is CCn1cnc(C(N)=O)c1C(=O)NC. The predicted molar refractivity (Wildman–Crippen MR) is 49.8 cm³/mol. The lowest BCUT2D eigenvalue weighted by atomic mass is 10.3. The third-order valence-corrected chi connectivity index (χ3v) is 1.85. The molecule has 0 bridgehead atoms. The number of aromatic nitrogens is 2. The Morgan fingerprint density at radius 3 is 2.71 bits per heavy atom. The molecule has 6 heteroatoms. The van der Waals surface area contributed by atoms with Crippen LogP contribution in [0.25, 0.3) is 0 Å². The smallest absolute Gasteiger partial charge is 0.270 e. The number of carbonyl (C=O) groups is 2. The molecule has 0 aliphatic rings. The maximum Gasteiger partial charge on any atom is 0.270 e. The van der Waals surface area contributed by atoms with Crippen molar-refractivity contribution >= 4 is 11.8 Å². The second kappa shape index (κ2) is 3.91. The highest BCUT2D eigenvalue weighted by Crippen LogP contribution is 2.06. The number of imidazole rings is 1. The summed E-state index contributed by atoms with van der Waals surface area (Å²) in [5, 5.41) is 2.43. The first kappa shape index (κ1) is 10.2. The van der Waals surface area contributed by atoms with Crippen molar-refractivity contribution in [1.82, 2.24) is 14.9 Å². The minimum Gasteiger partial charge on any atom is -0.364 e. The fourth-order valence-corrected chi connectivity index (χ4v) is 1.16. The normalized spacial score (nSPS) is 9.86. The Hall–Kier alpha value is -1.85. The van der Waals surface area contributed by atoms with Gasteiger partial charge in [-0.25, -0.2) is 4.98 Å². The summed E-state index contributed by atoms with van der Waals surface area (Å²) >= 11 is 0. The summed E-state index contributed by atoms with van der Waals surface area (Å²) in [6.07, 6.45) is 1.42. The van der Waals surface area contributed by atoms with E-state index in [4.69, 9.17) is 5.73 Å². The van der Waals surface area contributed by atoms with Crippen LogP contribution in [0.1, 0.15) is 27.9 Å². The Labute approximate surface area is 81.1 Å². The highest BCUT2D eigenvalue weighted by Gasteiger charge is 2.20. The largest absolute Gasteiger partial charge is 0.364 e. The maximum absolute atomic E-state index is 11.4. The van der Waals surface area contributed by atoms with Gasteiger partial charge in [-0.05, 0) is 6.92 Å². The van der Waals surface area contributed by atoms with E-state index in [-0.39, 0.29) is 17.3 Å². The van der Waals surface area contributed by atoms with Gasteiger partial charge < -0.3 is 15.6 Å². The number of aryl methyl sites for hydroxylation is 1. The fraction of sp³-hybridized carbons (Fsp3) is 0.375. The minimum atomic E-state index is -0.698. The topological polar surface area (TPSA) is 90.0 Å². The highest BCUT2D eigenvalue weighted by atomic mass is 16.2. The van der Waals surface area contributed by atoms with Crippen LogP contribution in [-0.2, 0) is 6.54 Å². The molecule has 1 rings (SSSR count). The van der Waals surface area contributed by atoms with Crippen molar-refractivity contribution in [3.05, 3.63) is 17.7 Å². The van der Waals surface area contributed by atoms with Gasteiger partial charge in [-0.3, -0.25) is 9.59 Å². The Morgan fingerprint density at radius 1 is 1.64 bits per heavy atom. The molecular weight excluding hydrogens is 184 g/mol. The zero-order valence-electron chi connectivity index (χ0n) is 8.07. The molecule has 3 N–H and O–H groups in total. The standard InChI is InChI=1S/C8H12N4O2/c1-3-12-4-11-5(7(9)13)6(12)8(14)10-2/h4H,3H2,1-2H3,(H2,9,13)(H,10,14). The fourth-order valence-electron chi connectivity index (χ4n) is 1.16. The number of hydrogen-bond acceptors (Lipinski definition) is 3. The van der Waals surface area contributed by atoms with Crippen molar-refractivity contribution in [2.75, 3.05) is 7.05 Å². The van der Waals surface area contributed by atoms with Crippen LogP contribution < -0.4 is 11.1 Å². The van der Waals surface area contributed by atoms with Gasteiger partial charge >= 0.3 is 0 Å². The van der Waals surface area contributed by atoms with Crippen molar-refractivity contribution in [1.29, 1.82) is 0 Å². The van der Waals surface area contributed by atoms with Gasteiger partial charge in [0.1, 0.15) is 5.69 Å². The molecule has 2 amide bonds. The summed E-state index contributed by atoms with van der Waals surface area (Å²) in [5.41, 5.74) is 5.30. The second-order valence-corrected chi connectivity index (χ2v) is 2.67. The minimum absolute atomic E-state index is 0.00574. The number of amides is 2. The van der Waals surface area contributed by atoms with E-state index in [1.807, 2.05) is 6.92 Å².